The van der Waals surface area contributed by atoms with Crippen molar-refractivity contribution in [3.63, 3.8) is 0 Å². The first-order valence-electron chi connectivity index (χ1n) is 19.0. The average molecular weight is 718 g/mol. The molecule has 7 aromatic carbocycles. The molecule has 3 heterocycles. The second-order valence-corrected chi connectivity index (χ2v) is 14.7. The van der Waals surface area contributed by atoms with Gasteiger partial charge in [0.15, 0.2) is 17.5 Å². The van der Waals surface area contributed by atoms with Gasteiger partial charge in [0.1, 0.15) is 22.3 Å². The van der Waals surface area contributed by atoms with Gasteiger partial charge in [0.25, 0.3) is 0 Å². The van der Waals surface area contributed by atoms with Crippen LogP contribution in [0.1, 0.15) is 12.2 Å². The van der Waals surface area contributed by atoms with Gasteiger partial charge >= 0.3 is 0 Å². The second kappa shape index (κ2) is 12.1. The normalized spacial score (nSPS) is 15.3. The van der Waals surface area contributed by atoms with E-state index in [1.165, 1.54) is 16.3 Å². The number of benzene rings is 7. The Labute approximate surface area is 321 Å². The lowest BCUT2D eigenvalue weighted by Crippen LogP contribution is -2.08. The summed E-state index contributed by atoms with van der Waals surface area (Å²) in [6.07, 6.45) is 14.0. The molecule has 0 saturated carbocycles. The number of hydrogen-bond donors (Lipinski definition) is 0. The average Bonchev–Trinajstić information content (AvgIpc) is 3.83. The van der Waals surface area contributed by atoms with Crippen molar-refractivity contribution in [2.45, 2.75) is 6.42 Å². The molecular formula is C51H31N3O2. The molecule has 1 unspecified atom stereocenters. The van der Waals surface area contributed by atoms with Crippen molar-refractivity contribution in [3.8, 4) is 33.9 Å². The van der Waals surface area contributed by atoms with Crippen molar-refractivity contribution in [1.82, 2.24) is 15.0 Å². The van der Waals surface area contributed by atoms with Crippen LogP contribution in [0.2, 0.25) is 0 Å². The lowest BCUT2D eigenvalue weighted by Gasteiger charge is -2.21. The maximum absolute atomic E-state index is 6.84. The summed E-state index contributed by atoms with van der Waals surface area (Å²) in [6.45, 7) is 0. The molecule has 0 bridgehead atoms. The van der Waals surface area contributed by atoms with Gasteiger partial charge in [0.2, 0.25) is 0 Å². The van der Waals surface area contributed by atoms with Crippen LogP contribution in [-0.4, -0.2) is 15.0 Å². The van der Waals surface area contributed by atoms with Crippen LogP contribution >= 0.6 is 0 Å². The van der Waals surface area contributed by atoms with Gasteiger partial charge in [-0.2, -0.15) is 0 Å². The first kappa shape index (κ1) is 31.0. The van der Waals surface area contributed by atoms with Gasteiger partial charge in [0, 0.05) is 49.7 Å². The molecule has 2 aliphatic rings. The molecule has 0 N–H and O–H groups in total. The highest BCUT2D eigenvalue weighted by molar-refractivity contribution is 6.21. The lowest BCUT2D eigenvalue weighted by molar-refractivity contribution is 0.669. The van der Waals surface area contributed by atoms with E-state index in [1.54, 1.807) is 0 Å². The molecule has 1 atom stereocenters. The van der Waals surface area contributed by atoms with Crippen molar-refractivity contribution >= 4 is 71.0 Å². The fourth-order valence-electron chi connectivity index (χ4n) is 8.66. The Morgan fingerprint density at radius 3 is 2.16 bits per heavy atom. The Hall–Kier alpha value is -7.37. The quantitative estimate of drug-likeness (QED) is 0.181. The van der Waals surface area contributed by atoms with Crippen LogP contribution in [-0.2, 0) is 0 Å². The van der Waals surface area contributed by atoms with Crippen LogP contribution < -0.4 is 0 Å². The van der Waals surface area contributed by atoms with Gasteiger partial charge in [-0.3, -0.25) is 0 Å². The fourth-order valence-corrected chi connectivity index (χ4v) is 8.66. The molecule has 0 radical (unpaired) electrons. The number of aromatic nitrogens is 3. The van der Waals surface area contributed by atoms with Gasteiger partial charge in [-0.1, -0.05) is 121 Å². The lowest BCUT2D eigenvalue weighted by atomic mass is 9.85. The van der Waals surface area contributed by atoms with E-state index < -0.39 is 0 Å². The minimum Gasteiger partial charge on any atom is -0.456 e. The minimum absolute atomic E-state index is 0.366. The van der Waals surface area contributed by atoms with Crippen LogP contribution in [0, 0.1) is 5.92 Å². The number of para-hydroxylation sites is 1. The van der Waals surface area contributed by atoms with Crippen LogP contribution in [0.15, 0.2) is 184 Å². The number of hydrogen-bond acceptors (Lipinski definition) is 5. The molecule has 0 amide bonds. The number of fused-ring (bicyclic) bond motifs is 9. The summed E-state index contributed by atoms with van der Waals surface area (Å²) >= 11 is 0. The first-order valence-corrected chi connectivity index (χ1v) is 19.0. The zero-order chi connectivity index (χ0) is 36.7. The van der Waals surface area contributed by atoms with E-state index in [9.17, 15) is 0 Å². The van der Waals surface area contributed by atoms with Gasteiger partial charge in [-0.25, -0.2) is 15.0 Å². The number of nitrogens with zero attached hydrogens (tertiary/aromatic N) is 3. The highest BCUT2D eigenvalue weighted by Crippen LogP contribution is 2.45. The van der Waals surface area contributed by atoms with Gasteiger partial charge < -0.3 is 8.83 Å². The minimum atomic E-state index is 0.366. The van der Waals surface area contributed by atoms with E-state index in [0.29, 0.717) is 23.4 Å². The molecule has 0 saturated heterocycles. The van der Waals surface area contributed by atoms with Crippen LogP contribution in [0.25, 0.3) is 105 Å². The molecule has 262 valence electrons. The van der Waals surface area contributed by atoms with Crippen molar-refractivity contribution < 1.29 is 8.83 Å². The summed E-state index contributed by atoms with van der Waals surface area (Å²) in [5, 5.41) is 8.73. The Morgan fingerprint density at radius 2 is 1.25 bits per heavy atom. The van der Waals surface area contributed by atoms with Gasteiger partial charge in [0.05, 0.1) is 0 Å². The Kier molecular flexibility index (Phi) is 6.69. The number of rotatable bonds is 4. The number of allylic oxidation sites excluding steroid dienone is 8. The highest BCUT2D eigenvalue weighted by Gasteiger charge is 2.24. The molecule has 0 fully saturated rings. The summed E-state index contributed by atoms with van der Waals surface area (Å²) < 4.78 is 13.3. The molecule has 56 heavy (non-hydrogen) atoms. The van der Waals surface area contributed by atoms with Crippen molar-refractivity contribution in [2.24, 2.45) is 5.92 Å². The predicted molar refractivity (Wildman–Crippen MR) is 228 cm³/mol. The summed E-state index contributed by atoms with van der Waals surface area (Å²) in [4.78, 5) is 15.7. The summed E-state index contributed by atoms with van der Waals surface area (Å²) in [5.74, 6) is 2.24. The molecule has 5 nitrogen and oxygen atoms in total. The molecular weight excluding hydrogens is 687 g/mol. The number of furan rings is 2. The van der Waals surface area contributed by atoms with Crippen LogP contribution in [0.3, 0.4) is 0 Å². The largest absolute Gasteiger partial charge is 0.456 e. The topological polar surface area (TPSA) is 65.0 Å². The highest BCUT2D eigenvalue weighted by atomic mass is 16.3. The molecule has 12 rings (SSSR count). The maximum atomic E-state index is 6.84. The first-order chi connectivity index (χ1) is 27.7. The molecule has 0 aliphatic heterocycles. The van der Waals surface area contributed by atoms with E-state index in [1.807, 2.05) is 18.2 Å². The fraction of sp³-hybridized carbons (Fsp3) is 0.0392. The second-order valence-electron chi connectivity index (χ2n) is 14.7. The summed E-state index contributed by atoms with van der Waals surface area (Å²) in [6, 6.07) is 46.4. The van der Waals surface area contributed by atoms with E-state index in [0.717, 1.165) is 88.9 Å². The third kappa shape index (κ3) is 4.84. The standard InChI is InChI=1S/C51H31N3O2/c1-3-12-32-26-36(22-20-30(32)10-1)49-52-50(37-23-21-31-11-2-4-13-33(31)27-37)54-51(53-49)41-25-24-39(48-47(41)40-16-7-8-18-43(40)56-48)38-17-9-19-44-46(38)42-28-34-14-5-6-15-35(34)29-45(42)55-44/h1-20,22-29,31H,21H2. The summed E-state index contributed by atoms with van der Waals surface area (Å²) in [5.41, 5.74) is 9.39. The zero-order valence-corrected chi connectivity index (χ0v) is 30.1. The third-order valence-electron chi connectivity index (χ3n) is 11.4. The van der Waals surface area contributed by atoms with E-state index in [-0.39, 0.29) is 0 Å². The van der Waals surface area contributed by atoms with Gasteiger partial charge in [-0.15, -0.1) is 0 Å². The van der Waals surface area contributed by atoms with Crippen LogP contribution in [0.4, 0.5) is 0 Å². The maximum Gasteiger partial charge on any atom is 0.164 e. The predicted octanol–water partition coefficient (Wildman–Crippen LogP) is 13.4. The SMILES string of the molecule is C1=CC2=CC(c3nc(-c4ccc5ccccc5c4)nc(-c4ccc(-c5cccc6oc7cc8ccccc8cc7c56)c5oc6ccccc6c45)n3)=CCC2C=C1. The summed E-state index contributed by atoms with van der Waals surface area (Å²) in [7, 11) is 0. The Morgan fingerprint density at radius 1 is 0.500 bits per heavy atom. The zero-order valence-electron chi connectivity index (χ0n) is 30.1. The van der Waals surface area contributed by atoms with Crippen LogP contribution in [0.5, 0.6) is 0 Å². The molecule has 0 spiro atoms. The monoisotopic (exact) mass is 717 g/mol. The third-order valence-corrected chi connectivity index (χ3v) is 11.4. The van der Waals surface area contributed by atoms with E-state index in [2.05, 4.69) is 152 Å². The smallest absolute Gasteiger partial charge is 0.164 e. The molecule has 5 heteroatoms. The van der Waals surface area contributed by atoms with E-state index >= 15 is 0 Å². The van der Waals surface area contributed by atoms with Crippen molar-refractivity contribution in [2.75, 3.05) is 0 Å². The molecule has 10 aromatic rings. The Balaban J connectivity index is 1.11. The molecule has 3 aromatic heterocycles. The van der Waals surface area contributed by atoms with Crippen molar-refractivity contribution in [3.05, 3.63) is 181 Å². The van der Waals surface area contributed by atoms with E-state index in [4.69, 9.17) is 23.8 Å². The molecule has 2 aliphatic carbocycles. The Bertz CT molecular complexity index is 3410. The van der Waals surface area contributed by atoms with Gasteiger partial charge in [-0.05, 0) is 87.6 Å². The van der Waals surface area contributed by atoms with Crippen molar-refractivity contribution in [1.29, 1.82) is 0 Å².